The van der Waals surface area contributed by atoms with E-state index in [9.17, 15) is 4.79 Å². The van der Waals surface area contributed by atoms with Crippen LogP contribution in [0.4, 0.5) is 0 Å². The van der Waals surface area contributed by atoms with Gasteiger partial charge >= 0.3 is 0 Å². The van der Waals surface area contributed by atoms with Crippen molar-refractivity contribution < 1.29 is 23.7 Å². The molecule has 0 amide bonds. The predicted molar refractivity (Wildman–Crippen MR) is 93.3 cm³/mol. The summed E-state index contributed by atoms with van der Waals surface area (Å²) in [5.41, 5.74) is 4.07. The molecule has 26 heavy (non-hydrogen) atoms. The van der Waals surface area contributed by atoms with Crippen molar-refractivity contribution in [3.63, 3.8) is 0 Å². The lowest BCUT2D eigenvalue weighted by atomic mass is 9.87. The maximum atomic E-state index is 11.7. The summed E-state index contributed by atoms with van der Waals surface area (Å²) in [7, 11) is 2.12. The molecule has 3 heterocycles. The van der Waals surface area contributed by atoms with Gasteiger partial charge in [0.2, 0.25) is 13.6 Å². The maximum Gasteiger partial charge on any atom is 0.231 e. The Morgan fingerprint density at radius 1 is 1.08 bits per heavy atom. The van der Waals surface area contributed by atoms with Gasteiger partial charge in [-0.3, -0.25) is 9.69 Å². The number of benzene rings is 2. The van der Waals surface area contributed by atoms with Crippen LogP contribution in [0.2, 0.25) is 0 Å². The van der Waals surface area contributed by atoms with Crippen molar-refractivity contribution in [2.75, 3.05) is 27.2 Å². The Morgan fingerprint density at radius 3 is 2.69 bits per heavy atom. The van der Waals surface area contributed by atoms with Crippen LogP contribution in [-0.4, -0.2) is 38.4 Å². The van der Waals surface area contributed by atoms with E-state index in [0.29, 0.717) is 23.5 Å². The molecule has 6 heteroatoms. The number of hydrogen-bond acceptors (Lipinski definition) is 6. The molecule has 3 aliphatic heterocycles. The minimum absolute atomic E-state index is 0.160. The minimum Gasteiger partial charge on any atom is -0.454 e. The van der Waals surface area contributed by atoms with Gasteiger partial charge in [0.15, 0.2) is 29.3 Å². The van der Waals surface area contributed by atoms with E-state index in [-0.39, 0.29) is 19.6 Å². The third kappa shape index (κ3) is 2.33. The van der Waals surface area contributed by atoms with E-state index in [1.807, 2.05) is 12.1 Å². The Labute approximate surface area is 151 Å². The van der Waals surface area contributed by atoms with Crippen LogP contribution in [0.1, 0.15) is 33.1 Å². The van der Waals surface area contributed by atoms with Gasteiger partial charge in [0.05, 0.1) is 5.56 Å². The first kappa shape index (κ1) is 15.5. The molecule has 0 unspecified atom stereocenters. The van der Waals surface area contributed by atoms with E-state index in [1.165, 1.54) is 11.1 Å². The van der Waals surface area contributed by atoms with Gasteiger partial charge in [-0.15, -0.1) is 0 Å². The van der Waals surface area contributed by atoms with Gasteiger partial charge in [0, 0.05) is 12.6 Å². The summed E-state index contributed by atoms with van der Waals surface area (Å²) in [5, 5.41) is 0. The van der Waals surface area contributed by atoms with Crippen LogP contribution in [0.3, 0.4) is 0 Å². The summed E-state index contributed by atoms with van der Waals surface area (Å²) in [6, 6.07) is 8.19. The standard InChI is InChI=1S/C20H19NO5/c1-21-5-4-13-7-18-19(25-10-24-18)8-14(13)16(21)6-12-2-3-17-20(15(12)9-22)26-11-23-17/h2-3,7-9,16H,4-6,10-11H2,1H3/t16-/m0/s1. The van der Waals surface area contributed by atoms with Crippen LogP contribution in [0.25, 0.3) is 0 Å². The zero-order valence-electron chi connectivity index (χ0n) is 14.5. The van der Waals surface area contributed by atoms with E-state index < -0.39 is 0 Å². The van der Waals surface area contributed by atoms with E-state index in [0.717, 1.165) is 36.3 Å². The summed E-state index contributed by atoms with van der Waals surface area (Å²) < 4.78 is 22.0. The molecule has 134 valence electrons. The van der Waals surface area contributed by atoms with Crippen molar-refractivity contribution in [2.45, 2.75) is 18.9 Å². The first-order valence-electron chi connectivity index (χ1n) is 8.74. The predicted octanol–water partition coefficient (Wildman–Crippen LogP) is 2.73. The average Bonchev–Trinajstić information content (AvgIpc) is 3.30. The summed E-state index contributed by atoms with van der Waals surface area (Å²) in [6.07, 6.45) is 2.56. The Bertz CT molecular complexity index is 894. The van der Waals surface area contributed by atoms with Crippen molar-refractivity contribution in [1.29, 1.82) is 0 Å². The van der Waals surface area contributed by atoms with Gasteiger partial charge in [-0.2, -0.15) is 0 Å². The Balaban J connectivity index is 1.55. The fraction of sp³-hybridized carbons (Fsp3) is 0.350. The Kier molecular flexibility index (Phi) is 3.53. The van der Waals surface area contributed by atoms with Crippen LogP contribution >= 0.6 is 0 Å². The molecular formula is C20H19NO5. The molecule has 0 saturated heterocycles. The molecule has 0 aliphatic carbocycles. The van der Waals surface area contributed by atoms with E-state index in [1.54, 1.807) is 0 Å². The topological polar surface area (TPSA) is 57.2 Å². The molecule has 0 saturated carbocycles. The number of nitrogens with zero attached hydrogens (tertiary/aromatic N) is 1. The number of ether oxygens (including phenoxy) is 4. The summed E-state index contributed by atoms with van der Waals surface area (Å²) >= 11 is 0. The SMILES string of the molecule is CN1CCc2cc3c(cc2[C@@H]1Cc1ccc2c(c1C=O)OCO2)OCO3. The lowest BCUT2D eigenvalue weighted by molar-refractivity contribution is 0.111. The smallest absolute Gasteiger partial charge is 0.231 e. The van der Waals surface area contributed by atoms with Gasteiger partial charge in [0.25, 0.3) is 0 Å². The van der Waals surface area contributed by atoms with Crippen LogP contribution in [0.5, 0.6) is 23.0 Å². The van der Waals surface area contributed by atoms with Gasteiger partial charge in [-0.25, -0.2) is 0 Å². The van der Waals surface area contributed by atoms with Gasteiger partial charge < -0.3 is 18.9 Å². The molecule has 0 radical (unpaired) electrons. The second-order valence-corrected chi connectivity index (χ2v) is 6.84. The molecule has 1 atom stereocenters. The largest absolute Gasteiger partial charge is 0.454 e. The van der Waals surface area contributed by atoms with Crippen LogP contribution in [0, 0.1) is 0 Å². The molecule has 6 nitrogen and oxygen atoms in total. The average molecular weight is 353 g/mol. The van der Waals surface area contributed by atoms with Crippen LogP contribution in [0.15, 0.2) is 24.3 Å². The molecular weight excluding hydrogens is 334 g/mol. The molecule has 3 aliphatic rings. The van der Waals surface area contributed by atoms with Gasteiger partial charge in [-0.05, 0) is 54.8 Å². The van der Waals surface area contributed by atoms with E-state index in [4.69, 9.17) is 18.9 Å². The molecule has 0 spiro atoms. The zero-order chi connectivity index (χ0) is 17.7. The maximum absolute atomic E-state index is 11.7. The first-order valence-corrected chi connectivity index (χ1v) is 8.74. The fourth-order valence-electron chi connectivity index (χ4n) is 4.03. The quantitative estimate of drug-likeness (QED) is 0.791. The lowest BCUT2D eigenvalue weighted by Crippen LogP contribution is -2.33. The normalized spacial score (nSPS) is 20.1. The molecule has 0 bridgehead atoms. The van der Waals surface area contributed by atoms with Crippen LogP contribution in [-0.2, 0) is 12.8 Å². The summed E-state index contributed by atoms with van der Waals surface area (Å²) in [6.45, 7) is 1.39. The molecule has 0 N–H and O–H groups in total. The van der Waals surface area contributed by atoms with Crippen molar-refractivity contribution >= 4 is 6.29 Å². The first-order chi connectivity index (χ1) is 12.7. The fourth-order valence-corrected chi connectivity index (χ4v) is 4.03. The highest BCUT2D eigenvalue weighted by Crippen LogP contribution is 2.43. The number of aldehydes is 1. The number of carbonyl (C=O) groups excluding carboxylic acids is 1. The second-order valence-electron chi connectivity index (χ2n) is 6.84. The molecule has 2 aromatic carbocycles. The van der Waals surface area contributed by atoms with Gasteiger partial charge in [-0.1, -0.05) is 6.07 Å². The number of likely N-dealkylation sites (N-methyl/N-ethyl adjacent to an activating group) is 1. The highest BCUT2D eigenvalue weighted by Gasteiger charge is 2.30. The van der Waals surface area contributed by atoms with Crippen molar-refractivity contribution in [3.05, 3.63) is 46.5 Å². The monoisotopic (exact) mass is 353 g/mol. The molecule has 5 rings (SSSR count). The molecule has 0 aromatic heterocycles. The zero-order valence-corrected chi connectivity index (χ0v) is 14.5. The van der Waals surface area contributed by atoms with E-state index >= 15 is 0 Å². The van der Waals surface area contributed by atoms with Gasteiger partial charge in [0.1, 0.15) is 0 Å². The Morgan fingerprint density at radius 2 is 1.85 bits per heavy atom. The third-order valence-corrected chi connectivity index (χ3v) is 5.46. The summed E-state index contributed by atoms with van der Waals surface area (Å²) in [4.78, 5) is 14.0. The molecule has 0 fully saturated rings. The number of rotatable bonds is 3. The van der Waals surface area contributed by atoms with Crippen molar-refractivity contribution in [1.82, 2.24) is 4.90 Å². The number of carbonyl (C=O) groups is 1. The highest BCUT2D eigenvalue weighted by atomic mass is 16.7. The number of fused-ring (bicyclic) bond motifs is 3. The van der Waals surface area contributed by atoms with E-state index in [2.05, 4.69) is 24.1 Å². The Hall–Kier alpha value is -2.73. The lowest BCUT2D eigenvalue weighted by Gasteiger charge is -2.35. The molecule has 2 aromatic rings. The van der Waals surface area contributed by atoms with Crippen molar-refractivity contribution in [3.8, 4) is 23.0 Å². The minimum atomic E-state index is 0.160. The highest BCUT2D eigenvalue weighted by molar-refractivity contribution is 5.84. The van der Waals surface area contributed by atoms with Crippen molar-refractivity contribution in [2.24, 2.45) is 0 Å². The number of hydrogen-bond donors (Lipinski definition) is 0. The summed E-state index contributed by atoms with van der Waals surface area (Å²) in [5.74, 6) is 2.81. The van der Waals surface area contributed by atoms with Crippen LogP contribution < -0.4 is 18.9 Å². The second kappa shape index (κ2) is 5.92. The third-order valence-electron chi connectivity index (χ3n) is 5.46.